The van der Waals surface area contributed by atoms with E-state index in [9.17, 15) is 10.1 Å². The van der Waals surface area contributed by atoms with Gasteiger partial charge in [-0.15, -0.1) is 0 Å². The molecule has 1 aromatic carbocycles. The van der Waals surface area contributed by atoms with Crippen LogP contribution < -0.4 is 5.32 Å². The minimum Gasteiger partial charge on any atom is -0.379 e. The van der Waals surface area contributed by atoms with Crippen LogP contribution in [0.5, 0.6) is 0 Å². The molecular weight excluding hydrogens is 334 g/mol. The number of halogens is 2. The number of aromatic nitrogens is 1. The van der Waals surface area contributed by atoms with Gasteiger partial charge in [-0.25, -0.2) is 4.98 Å². The molecular formula is C12H9BrClN3O2. The van der Waals surface area contributed by atoms with Crippen molar-refractivity contribution in [2.45, 2.75) is 6.54 Å². The highest BCUT2D eigenvalue weighted by Crippen LogP contribution is 2.24. The molecule has 0 saturated heterocycles. The molecule has 0 fully saturated rings. The predicted octanol–water partition coefficient (Wildman–Crippen LogP) is 4.02. The van der Waals surface area contributed by atoms with Crippen molar-refractivity contribution in [1.29, 1.82) is 0 Å². The maximum atomic E-state index is 10.9. The van der Waals surface area contributed by atoms with Gasteiger partial charge in [0, 0.05) is 18.2 Å². The Morgan fingerprint density at radius 2 is 2.16 bits per heavy atom. The summed E-state index contributed by atoms with van der Waals surface area (Å²) >= 11 is 9.06. The lowest BCUT2D eigenvalue weighted by Gasteiger charge is -2.07. The van der Waals surface area contributed by atoms with E-state index in [1.807, 2.05) is 0 Å². The summed E-state index contributed by atoms with van der Waals surface area (Å²) in [6, 6.07) is 8.36. The highest BCUT2D eigenvalue weighted by atomic mass is 79.9. The van der Waals surface area contributed by atoms with Crippen LogP contribution in [-0.4, -0.2) is 9.91 Å². The Balaban J connectivity index is 2.14. The van der Waals surface area contributed by atoms with E-state index in [0.29, 0.717) is 21.7 Å². The third-order valence-electron chi connectivity index (χ3n) is 2.47. The van der Waals surface area contributed by atoms with Crippen molar-refractivity contribution in [2.24, 2.45) is 0 Å². The Labute approximate surface area is 122 Å². The molecule has 1 aromatic heterocycles. The Morgan fingerprint density at radius 3 is 2.84 bits per heavy atom. The van der Waals surface area contributed by atoms with E-state index in [2.05, 4.69) is 26.2 Å². The number of rotatable bonds is 4. The number of anilines is 1. The minimum atomic E-state index is -0.396. The Morgan fingerprint density at radius 1 is 1.42 bits per heavy atom. The van der Waals surface area contributed by atoms with Crippen LogP contribution in [0.3, 0.4) is 0 Å². The van der Waals surface area contributed by atoms with Gasteiger partial charge in [0.1, 0.15) is 5.15 Å². The fourth-order valence-corrected chi connectivity index (χ4v) is 2.01. The van der Waals surface area contributed by atoms with Gasteiger partial charge in [-0.2, -0.15) is 0 Å². The fraction of sp³-hybridized carbons (Fsp3) is 0.0833. The number of nitro groups is 1. The van der Waals surface area contributed by atoms with Crippen LogP contribution >= 0.6 is 27.5 Å². The van der Waals surface area contributed by atoms with Gasteiger partial charge in [-0.05, 0) is 22.0 Å². The number of nitro benzene ring substituents is 1. The zero-order valence-corrected chi connectivity index (χ0v) is 12.0. The van der Waals surface area contributed by atoms with Gasteiger partial charge in [0.2, 0.25) is 0 Å². The first-order valence-electron chi connectivity index (χ1n) is 5.35. The summed E-state index contributed by atoms with van der Waals surface area (Å²) in [5.41, 5.74) is 1.43. The van der Waals surface area contributed by atoms with Crippen molar-refractivity contribution >= 4 is 38.9 Å². The van der Waals surface area contributed by atoms with Crippen LogP contribution in [0.25, 0.3) is 0 Å². The lowest BCUT2D eigenvalue weighted by atomic mass is 10.2. The average Bonchev–Trinajstić information content (AvgIpc) is 2.40. The fourth-order valence-electron chi connectivity index (χ4n) is 1.55. The number of para-hydroxylation sites is 1. The van der Waals surface area contributed by atoms with Crippen molar-refractivity contribution in [2.75, 3.05) is 5.32 Å². The molecule has 98 valence electrons. The first-order valence-corrected chi connectivity index (χ1v) is 6.52. The monoisotopic (exact) mass is 341 g/mol. The highest BCUT2D eigenvalue weighted by molar-refractivity contribution is 9.10. The summed E-state index contributed by atoms with van der Waals surface area (Å²) in [6.45, 7) is 0.340. The molecule has 0 radical (unpaired) electrons. The molecule has 2 rings (SSSR count). The first-order chi connectivity index (χ1) is 9.08. The summed E-state index contributed by atoms with van der Waals surface area (Å²) in [5.74, 6) is 0. The lowest BCUT2D eigenvalue weighted by molar-refractivity contribution is -0.385. The quantitative estimate of drug-likeness (QED) is 0.518. The van der Waals surface area contributed by atoms with E-state index in [-0.39, 0.29) is 5.69 Å². The molecule has 0 bridgehead atoms. The lowest BCUT2D eigenvalue weighted by Crippen LogP contribution is -2.03. The summed E-state index contributed by atoms with van der Waals surface area (Å²) in [4.78, 5) is 14.4. The van der Waals surface area contributed by atoms with E-state index in [0.717, 1.165) is 5.69 Å². The second kappa shape index (κ2) is 5.99. The van der Waals surface area contributed by atoms with Crippen molar-refractivity contribution < 1.29 is 4.92 Å². The van der Waals surface area contributed by atoms with Gasteiger partial charge >= 0.3 is 0 Å². The maximum Gasteiger partial charge on any atom is 0.274 e. The predicted molar refractivity (Wildman–Crippen MR) is 77.4 cm³/mol. The van der Waals surface area contributed by atoms with Gasteiger partial charge in [-0.1, -0.05) is 29.8 Å². The molecule has 0 amide bonds. The topological polar surface area (TPSA) is 68.1 Å². The third kappa shape index (κ3) is 3.42. The van der Waals surface area contributed by atoms with Crippen LogP contribution in [0.15, 0.2) is 41.0 Å². The van der Waals surface area contributed by atoms with Crippen LogP contribution in [-0.2, 0) is 6.54 Å². The van der Waals surface area contributed by atoms with Crippen LogP contribution in [0.4, 0.5) is 11.4 Å². The number of nitrogens with zero attached hydrogens (tertiary/aromatic N) is 2. The molecule has 7 heteroatoms. The van der Waals surface area contributed by atoms with E-state index >= 15 is 0 Å². The third-order valence-corrected chi connectivity index (χ3v) is 3.60. The summed E-state index contributed by atoms with van der Waals surface area (Å²) in [5, 5.41) is 14.3. The van der Waals surface area contributed by atoms with Gasteiger partial charge < -0.3 is 5.32 Å². The van der Waals surface area contributed by atoms with Gasteiger partial charge in [0.05, 0.1) is 21.3 Å². The Kier molecular flexibility index (Phi) is 4.34. The molecule has 0 aliphatic heterocycles. The zero-order chi connectivity index (χ0) is 13.8. The summed E-state index contributed by atoms with van der Waals surface area (Å²) in [7, 11) is 0. The second-order valence-electron chi connectivity index (χ2n) is 3.74. The normalized spacial score (nSPS) is 10.2. The standard InChI is InChI=1S/C12H9BrClN3O2/c13-10-5-9(7-16-12(10)14)15-6-8-3-1-2-4-11(8)17(18)19/h1-5,7,15H,6H2. The van der Waals surface area contributed by atoms with E-state index in [1.165, 1.54) is 6.07 Å². The van der Waals surface area contributed by atoms with Crippen molar-refractivity contribution in [1.82, 2.24) is 4.98 Å². The van der Waals surface area contributed by atoms with Crippen LogP contribution in [0, 0.1) is 10.1 Å². The largest absolute Gasteiger partial charge is 0.379 e. The highest BCUT2D eigenvalue weighted by Gasteiger charge is 2.11. The van der Waals surface area contributed by atoms with E-state index in [1.54, 1.807) is 30.5 Å². The van der Waals surface area contributed by atoms with Gasteiger partial charge in [0.25, 0.3) is 5.69 Å². The molecule has 1 heterocycles. The molecule has 0 atom stereocenters. The molecule has 5 nitrogen and oxygen atoms in total. The summed E-state index contributed by atoms with van der Waals surface area (Å²) in [6.07, 6.45) is 1.57. The number of benzene rings is 1. The van der Waals surface area contributed by atoms with Crippen molar-refractivity contribution in [3.63, 3.8) is 0 Å². The Bertz CT molecular complexity index is 622. The molecule has 0 aliphatic rings. The zero-order valence-electron chi connectivity index (χ0n) is 9.64. The van der Waals surface area contributed by atoms with E-state index in [4.69, 9.17) is 11.6 Å². The van der Waals surface area contributed by atoms with Crippen molar-refractivity contribution in [3.8, 4) is 0 Å². The molecule has 0 spiro atoms. The molecule has 1 N–H and O–H groups in total. The van der Waals surface area contributed by atoms with Gasteiger partial charge in [-0.3, -0.25) is 10.1 Å². The van der Waals surface area contributed by atoms with Gasteiger partial charge in [0.15, 0.2) is 0 Å². The molecule has 0 unspecified atom stereocenters. The SMILES string of the molecule is O=[N+]([O-])c1ccccc1CNc1cnc(Cl)c(Br)c1. The molecule has 0 aliphatic carbocycles. The molecule has 19 heavy (non-hydrogen) atoms. The second-order valence-corrected chi connectivity index (χ2v) is 4.95. The van der Waals surface area contributed by atoms with Crippen LogP contribution in [0.2, 0.25) is 5.15 Å². The van der Waals surface area contributed by atoms with Crippen molar-refractivity contribution in [3.05, 3.63) is 61.8 Å². The summed E-state index contributed by atoms with van der Waals surface area (Å²) < 4.78 is 0.668. The smallest absolute Gasteiger partial charge is 0.274 e. The number of nitrogens with one attached hydrogen (secondary N) is 1. The maximum absolute atomic E-state index is 10.9. The number of pyridine rings is 1. The average molecular weight is 343 g/mol. The minimum absolute atomic E-state index is 0.0935. The molecule has 2 aromatic rings. The van der Waals surface area contributed by atoms with E-state index < -0.39 is 4.92 Å². The number of hydrogen-bond acceptors (Lipinski definition) is 4. The number of hydrogen-bond donors (Lipinski definition) is 1. The first kappa shape index (κ1) is 13.8. The Hall–Kier alpha value is -1.66. The molecule has 0 saturated carbocycles. The van der Waals surface area contributed by atoms with Crippen LogP contribution in [0.1, 0.15) is 5.56 Å².